The van der Waals surface area contributed by atoms with Gasteiger partial charge in [0.1, 0.15) is 5.82 Å². The Kier molecular flexibility index (Phi) is 4.56. The van der Waals surface area contributed by atoms with Gasteiger partial charge in [-0.05, 0) is 32.9 Å². The summed E-state index contributed by atoms with van der Waals surface area (Å²) in [4.78, 5) is 8.92. The minimum absolute atomic E-state index is 0.0115. The fraction of sp³-hybridized carbons (Fsp3) is 0.727. The van der Waals surface area contributed by atoms with Gasteiger partial charge in [-0.25, -0.2) is 18.1 Å². The van der Waals surface area contributed by atoms with Gasteiger partial charge in [-0.3, -0.25) is 0 Å². The van der Waals surface area contributed by atoms with E-state index in [-0.39, 0.29) is 11.1 Å². The van der Waals surface area contributed by atoms with E-state index < -0.39 is 10.0 Å². The van der Waals surface area contributed by atoms with Crippen molar-refractivity contribution < 1.29 is 8.42 Å². The first kappa shape index (κ1) is 14.4. The van der Waals surface area contributed by atoms with E-state index in [4.69, 9.17) is 5.73 Å². The molecule has 7 nitrogen and oxygen atoms in total. The van der Waals surface area contributed by atoms with Crippen LogP contribution in [0.1, 0.15) is 18.7 Å². The molecule has 1 aliphatic rings. The summed E-state index contributed by atoms with van der Waals surface area (Å²) in [6, 6.07) is -0.0115. The van der Waals surface area contributed by atoms with Crippen LogP contribution in [-0.4, -0.2) is 55.5 Å². The number of imidazole rings is 1. The molecule has 19 heavy (non-hydrogen) atoms. The Morgan fingerprint density at radius 3 is 2.74 bits per heavy atom. The van der Waals surface area contributed by atoms with Crippen molar-refractivity contribution >= 4 is 10.0 Å². The van der Waals surface area contributed by atoms with Crippen LogP contribution in [0.2, 0.25) is 0 Å². The molecule has 0 unspecified atom stereocenters. The molecule has 8 heteroatoms. The zero-order chi connectivity index (χ0) is 13.9. The number of hydrogen-bond acceptors (Lipinski definition) is 5. The molecule has 0 saturated carbocycles. The van der Waals surface area contributed by atoms with Gasteiger partial charge in [-0.15, -0.1) is 0 Å². The van der Waals surface area contributed by atoms with Gasteiger partial charge in [0.05, 0.1) is 6.20 Å². The van der Waals surface area contributed by atoms with Crippen LogP contribution >= 0.6 is 0 Å². The molecule has 0 bridgehead atoms. The summed E-state index contributed by atoms with van der Waals surface area (Å²) in [6.07, 6.45) is 2.97. The van der Waals surface area contributed by atoms with Crippen LogP contribution in [0.5, 0.6) is 0 Å². The molecule has 2 heterocycles. The van der Waals surface area contributed by atoms with Crippen LogP contribution in [0.4, 0.5) is 0 Å². The predicted molar refractivity (Wildman–Crippen MR) is 72.2 cm³/mol. The Bertz CT molecular complexity index is 505. The first-order valence-electron chi connectivity index (χ1n) is 6.47. The lowest BCUT2D eigenvalue weighted by molar-refractivity contribution is 0.212. The number of nitrogens with one attached hydrogen (secondary N) is 2. The highest BCUT2D eigenvalue weighted by atomic mass is 32.2. The molecule has 0 aliphatic carbocycles. The largest absolute Gasteiger partial charge is 0.332 e. The number of sulfonamides is 1. The van der Waals surface area contributed by atoms with Crippen molar-refractivity contribution in [2.45, 2.75) is 30.8 Å². The van der Waals surface area contributed by atoms with Crippen LogP contribution in [-0.2, 0) is 10.0 Å². The van der Waals surface area contributed by atoms with Gasteiger partial charge in [0, 0.05) is 19.1 Å². The minimum Gasteiger partial charge on any atom is -0.332 e. The number of likely N-dealkylation sites (tertiary alicyclic amines) is 1. The molecule has 1 aromatic rings. The molecule has 1 aromatic heterocycles. The summed E-state index contributed by atoms with van der Waals surface area (Å²) in [5.74, 6) is 0.596. The minimum atomic E-state index is -3.48. The molecule has 1 fully saturated rings. The molecule has 4 N–H and O–H groups in total. The number of nitrogens with two attached hydrogens (primary N) is 1. The molecular formula is C11H21N5O2S. The van der Waals surface area contributed by atoms with Crippen LogP contribution in [0.25, 0.3) is 0 Å². The highest BCUT2D eigenvalue weighted by molar-refractivity contribution is 7.89. The third-order valence-electron chi connectivity index (χ3n) is 3.32. The fourth-order valence-electron chi connectivity index (χ4n) is 2.27. The summed E-state index contributed by atoms with van der Waals surface area (Å²) in [5.41, 5.74) is 5.51. The van der Waals surface area contributed by atoms with Crippen molar-refractivity contribution in [3.05, 3.63) is 12.0 Å². The van der Waals surface area contributed by atoms with E-state index in [1.165, 1.54) is 6.20 Å². The molecule has 0 aromatic carbocycles. The first-order valence-corrected chi connectivity index (χ1v) is 7.96. The Morgan fingerprint density at radius 2 is 2.21 bits per heavy atom. The van der Waals surface area contributed by atoms with Crippen LogP contribution in [0.3, 0.4) is 0 Å². The zero-order valence-electron chi connectivity index (χ0n) is 11.1. The number of aryl methyl sites for hydroxylation is 1. The molecule has 1 aliphatic heterocycles. The number of hydrogen-bond donors (Lipinski definition) is 3. The van der Waals surface area contributed by atoms with Gasteiger partial charge >= 0.3 is 0 Å². The highest BCUT2D eigenvalue weighted by Crippen LogP contribution is 2.13. The summed E-state index contributed by atoms with van der Waals surface area (Å²) in [5, 5.41) is 0.134. The van der Waals surface area contributed by atoms with Crippen molar-refractivity contribution in [1.82, 2.24) is 19.6 Å². The maximum absolute atomic E-state index is 12.1. The molecule has 0 atom stereocenters. The number of aromatic nitrogens is 2. The van der Waals surface area contributed by atoms with E-state index in [0.717, 1.165) is 32.5 Å². The molecule has 1 saturated heterocycles. The zero-order valence-corrected chi connectivity index (χ0v) is 11.9. The lowest BCUT2D eigenvalue weighted by Gasteiger charge is -2.31. The second-order valence-corrected chi connectivity index (χ2v) is 6.54. The maximum Gasteiger partial charge on any atom is 0.257 e. The topological polar surface area (TPSA) is 104 Å². The molecule has 0 amide bonds. The molecule has 0 radical (unpaired) electrons. The molecule has 2 rings (SSSR count). The SMILES string of the molecule is Cc1ncc(S(=O)(=O)NC2CCN(CCN)CC2)[nH]1. The van der Waals surface area contributed by atoms with Crippen LogP contribution in [0, 0.1) is 6.92 Å². The van der Waals surface area contributed by atoms with Gasteiger partial charge in [0.2, 0.25) is 0 Å². The maximum atomic E-state index is 12.1. The third kappa shape index (κ3) is 3.75. The normalized spacial score (nSPS) is 18.8. The van der Waals surface area contributed by atoms with Crippen molar-refractivity contribution in [3.8, 4) is 0 Å². The number of nitrogens with zero attached hydrogens (tertiary/aromatic N) is 2. The van der Waals surface area contributed by atoms with E-state index in [1.807, 2.05) is 0 Å². The van der Waals surface area contributed by atoms with Crippen molar-refractivity contribution in [1.29, 1.82) is 0 Å². The number of rotatable bonds is 5. The molecular weight excluding hydrogens is 266 g/mol. The number of piperidine rings is 1. The van der Waals surface area contributed by atoms with Crippen LogP contribution < -0.4 is 10.5 Å². The van der Waals surface area contributed by atoms with E-state index in [9.17, 15) is 8.42 Å². The predicted octanol–water partition coefficient (Wildman–Crippen LogP) is -0.580. The Labute approximate surface area is 113 Å². The summed E-state index contributed by atoms with van der Waals surface area (Å²) < 4.78 is 26.9. The Balaban J connectivity index is 1.92. The van der Waals surface area contributed by atoms with E-state index in [0.29, 0.717) is 12.4 Å². The Morgan fingerprint density at radius 1 is 1.53 bits per heavy atom. The smallest absolute Gasteiger partial charge is 0.257 e. The van der Waals surface area contributed by atoms with E-state index in [2.05, 4.69) is 19.6 Å². The molecule has 0 spiro atoms. The van der Waals surface area contributed by atoms with Gasteiger partial charge < -0.3 is 15.6 Å². The van der Waals surface area contributed by atoms with Gasteiger partial charge in [-0.1, -0.05) is 0 Å². The summed E-state index contributed by atoms with van der Waals surface area (Å²) in [7, 11) is -3.48. The van der Waals surface area contributed by atoms with Gasteiger partial charge in [0.25, 0.3) is 10.0 Å². The Hall–Kier alpha value is -0.960. The van der Waals surface area contributed by atoms with Crippen molar-refractivity contribution in [3.63, 3.8) is 0 Å². The van der Waals surface area contributed by atoms with E-state index >= 15 is 0 Å². The van der Waals surface area contributed by atoms with Gasteiger partial charge in [0.15, 0.2) is 5.03 Å². The monoisotopic (exact) mass is 287 g/mol. The van der Waals surface area contributed by atoms with E-state index in [1.54, 1.807) is 6.92 Å². The average molecular weight is 287 g/mol. The van der Waals surface area contributed by atoms with Crippen molar-refractivity contribution in [2.24, 2.45) is 5.73 Å². The van der Waals surface area contributed by atoms with Gasteiger partial charge in [-0.2, -0.15) is 0 Å². The highest BCUT2D eigenvalue weighted by Gasteiger charge is 2.25. The second kappa shape index (κ2) is 6.00. The third-order valence-corrected chi connectivity index (χ3v) is 4.75. The second-order valence-electron chi connectivity index (χ2n) is 4.86. The van der Waals surface area contributed by atoms with Crippen molar-refractivity contribution in [2.75, 3.05) is 26.2 Å². The lowest BCUT2D eigenvalue weighted by atomic mass is 10.1. The number of H-pyrrole nitrogens is 1. The summed E-state index contributed by atoms with van der Waals surface area (Å²) in [6.45, 7) is 5.01. The average Bonchev–Trinajstić information content (AvgIpc) is 2.79. The molecule has 108 valence electrons. The lowest BCUT2D eigenvalue weighted by Crippen LogP contribution is -2.45. The fourth-order valence-corrected chi connectivity index (χ4v) is 3.55. The standard InChI is InChI=1S/C11H21N5O2S/c1-9-13-8-11(14-9)19(17,18)15-10-2-5-16(6-3-10)7-4-12/h8,10,15H,2-7,12H2,1H3,(H,13,14). The quantitative estimate of drug-likeness (QED) is 0.672. The van der Waals surface area contributed by atoms with Crippen LogP contribution in [0.15, 0.2) is 11.2 Å². The summed E-state index contributed by atoms with van der Waals surface area (Å²) >= 11 is 0. The first-order chi connectivity index (χ1) is 9.01. The number of aromatic amines is 1.